The van der Waals surface area contributed by atoms with Crippen molar-refractivity contribution in [2.24, 2.45) is 0 Å². The van der Waals surface area contributed by atoms with Crippen LogP contribution in [0.1, 0.15) is 12.5 Å². The predicted molar refractivity (Wildman–Crippen MR) is 86.8 cm³/mol. The van der Waals surface area contributed by atoms with Crippen LogP contribution in [-0.2, 0) is 0 Å². The molecule has 0 amide bonds. The topological polar surface area (TPSA) is 42.2 Å². The van der Waals surface area contributed by atoms with Gasteiger partial charge in [0.25, 0.3) is 0 Å². The van der Waals surface area contributed by atoms with Gasteiger partial charge in [-0.05, 0) is 31.2 Å². The number of thioether (sulfide) groups is 1. The fourth-order valence-corrected chi connectivity index (χ4v) is 2.18. The van der Waals surface area contributed by atoms with Crippen molar-refractivity contribution in [2.75, 3.05) is 13.0 Å². The first-order valence-electron chi connectivity index (χ1n) is 6.47. The van der Waals surface area contributed by atoms with E-state index in [0.717, 1.165) is 11.5 Å². The Morgan fingerprint density at radius 3 is 2.19 bits per heavy atom. The quantitative estimate of drug-likeness (QED) is 0.595. The molecule has 3 nitrogen and oxygen atoms in total. The fraction of sp³-hybridized carbons (Fsp3) is 0.235. The third-order valence-corrected chi connectivity index (χ3v) is 3.37. The molecule has 110 valence electrons. The largest absolute Gasteiger partial charge is 0.493 e. The maximum atomic E-state index is 7.32. The van der Waals surface area contributed by atoms with Gasteiger partial charge in [0, 0.05) is 11.8 Å². The van der Waals surface area contributed by atoms with Gasteiger partial charge in [-0.1, -0.05) is 41.6 Å². The lowest BCUT2D eigenvalue weighted by Crippen LogP contribution is -1.95. The summed E-state index contributed by atoms with van der Waals surface area (Å²) in [5.41, 5.74) is 1.27. The van der Waals surface area contributed by atoms with E-state index in [0.29, 0.717) is 5.94 Å². The molecule has 0 radical (unpaired) electrons. The first-order chi connectivity index (χ1) is 10.2. The van der Waals surface area contributed by atoms with Crippen molar-refractivity contribution in [3.05, 3.63) is 54.1 Å². The molecule has 2 aromatic rings. The number of ether oxygens (including phenoxy) is 2. The molecular weight excluding hydrogens is 282 g/mol. The molecule has 0 aliphatic carbocycles. The van der Waals surface area contributed by atoms with Gasteiger partial charge in [0.2, 0.25) is 0 Å². The Balaban J connectivity index is 0.000000677. The number of nitrogens with zero attached hydrogens (tertiary/aromatic N) is 1. The van der Waals surface area contributed by atoms with Crippen LogP contribution < -0.4 is 9.47 Å². The van der Waals surface area contributed by atoms with E-state index < -0.39 is 0 Å². The highest BCUT2D eigenvalue weighted by Crippen LogP contribution is 2.28. The number of hydrogen-bond donors (Lipinski definition) is 0. The Hall–Kier alpha value is -2.12. The average Bonchev–Trinajstić information content (AvgIpc) is 2.50. The molecule has 0 atom stereocenters. The summed E-state index contributed by atoms with van der Waals surface area (Å²) in [5.74, 6) is 2.12. The minimum Gasteiger partial charge on any atom is -0.493 e. The number of para-hydroxylation sites is 2. The van der Waals surface area contributed by atoms with E-state index in [2.05, 4.69) is 31.2 Å². The van der Waals surface area contributed by atoms with Crippen molar-refractivity contribution in [3.63, 3.8) is 0 Å². The highest BCUT2D eigenvalue weighted by Gasteiger charge is 2.02. The molecule has 4 heteroatoms. The van der Waals surface area contributed by atoms with E-state index in [1.54, 1.807) is 24.9 Å². The van der Waals surface area contributed by atoms with E-state index in [1.165, 1.54) is 17.4 Å². The van der Waals surface area contributed by atoms with Gasteiger partial charge < -0.3 is 9.47 Å². The van der Waals surface area contributed by atoms with Gasteiger partial charge in [-0.2, -0.15) is 5.26 Å². The van der Waals surface area contributed by atoms with Crippen LogP contribution in [0.15, 0.2) is 53.4 Å². The summed E-state index contributed by atoms with van der Waals surface area (Å²) in [7, 11) is 1.65. The molecule has 0 heterocycles. The smallest absolute Gasteiger partial charge is 0.162 e. The first kappa shape index (κ1) is 16.9. The van der Waals surface area contributed by atoms with E-state index in [4.69, 9.17) is 14.7 Å². The van der Waals surface area contributed by atoms with Crippen molar-refractivity contribution < 1.29 is 9.47 Å². The lowest BCUT2D eigenvalue weighted by atomic mass is 10.2. The zero-order chi connectivity index (χ0) is 15.5. The molecule has 0 unspecified atom stereocenters. The fourth-order valence-electron chi connectivity index (χ4n) is 1.53. The molecule has 0 aliphatic heterocycles. The molecule has 21 heavy (non-hydrogen) atoms. The molecule has 0 N–H and O–H groups in total. The maximum absolute atomic E-state index is 7.32. The second-order valence-corrected chi connectivity index (χ2v) is 5.09. The van der Waals surface area contributed by atoms with Crippen molar-refractivity contribution in [1.29, 1.82) is 5.26 Å². The predicted octanol–water partition coefficient (Wildman–Crippen LogP) is 4.66. The van der Waals surface area contributed by atoms with Crippen LogP contribution in [0, 0.1) is 18.3 Å². The molecule has 0 saturated carbocycles. The van der Waals surface area contributed by atoms with Crippen molar-refractivity contribution in [2.45, 2.75) is 18.7 Å². The Bertz CT molecular complexity index is 576. The Morgan fingerprint density at radius 2 is 1.62 bits per heavy atom. The van der Waals surface area contributed by atoms with Gasteiger partial charge >= 0.3 is 0 Å². The van der Waals surface area contributed by atoms with E-state index in [1.807, 2.05) is 24.3 Å². The van der Waals surface area contributed by atoms with Crippen LogP contribution in [0.2, 0.25) is 0 Å². The van der Waals surface area contributed by atoms with Gasteiger partial charge in [0.05, 0.1) is 13.2 Å². The van der Waals surface area contributed by atoms with Crippen molar-refractivity contribution in [1.82, 2.24) is 0 Å². The normalized spacial score (nSPS) is 9.05. The summed E-state index contributed by atoms with van der Waals surface area (Å²) in [6, 6.07) is 17.8. The summed E-state index contributed by atoms with van der Waals surface area (Å²) in [6.07, 6.45) is 0. The standard InChI is InChI=1S/C15H16O2S.C2H3N/c1-12-7-9-13(10-8-12)18-11-17-15-6-4-3-5-14(15)16-2;1-2-3/h3-10H,11H2,1-2H3;1H3. The average molecular weight is 301 g/mol. The van der Waals surface area contributed by atoms with Gasteiger partial charge in [-0.3, -0.25) is 0 Å². The highest BCUT2D eigenvalue weighted by molar-refractivity contribution is 7.99. The molecule has 0 aliphatic rings. The van der Waals surface area contributed by atoms with Gasteiger partial charge in [-0.25, -0.2) is 0 Å². The van der Waals surface area contributed by atoms with Crippen LogP contribution in [-0.4, -0.2) is 13.0 Å². The first-order valence-corrected chi connectivity index (χ1v) is 7.46. The summed E-state index contributed by atoms with van der Waals surface area (Å²) in [4.78, 5) is 1.20. The lowest BCUT2D eigenvalue weighted by molar-refractivity contribution is 0.344. The Morgan fingerprint density at radius 1 is 1.05 bits per heavy atom. The summed E-state index contributed by atoms with van der Waals surface area (Å²) in [5, 5.41) is 7.32. The molecule has 0 bridgehead atoms. The summed E-state index contributed by atoms with van der Waals surface area (Å²) >= 11 is 1.67. The third kappa shape index (κ3) is 6.24. The monoisotopic (exact) mass is 301 g/mol. The number of methoxy groups -OCH3 is 1. The zero-order valence-corrected chi connectivity index (χ0v) is 13.3. The van der Waals surface area contributed by atoms with Gasteiger partial charge in [0.15, 0.2) is 11.5 Å². The SMILES string of the molecule is CC#N.COc1ccccc1OCSc1ccc(C)cc1. The van der Waals surface area contributed by atoms with Crippen molar-refractivity contribution >= 4 is 11.8 Å². The second-order valence-electron chi connectivity index (χ2n) is 4.09. The van der Waals surface area contributed by atoms with E-state index in [-0.39, 0.29) is 0 Å². The second kappa shape index (κ2) is 9.73. The number of hydrogen-bond acceptors (Lipinski definition) is 4. The molecule has 0 fully saturated rings. The van der Waals surface area contributed by atoms with Crippen LogP contribution in [0.25, 0.3) is 0 Å². The van der Waals surface area contributed by atoms with Gasteiger partial charge in [0.1, 0.15) is 5.94 Å². The molecule has 2 aromatic carbocycles. The minimum atomic E-state index is 0.573. The zero-order valence-electron chi connectivity index (χ0n) is 12.5. The molecule has 0 saturated heterocycles. The van der Waals surface area contributed by atoms with Crippen LogP contribution in [0.3, 0.4) is 0 Å². The number of aryl methyl sites for hydroxylation is 1. The van der Waals surface area contributed by atoms with Crippen LogP contribution >= 0.6 is 11.8 Å². The number of nitriles is 1. The van der Waals surface area contributed by atoms with E-state index in [9.17, 15) is 0 Å². The third-order valence-electron chi connectivity index (χ3n) is 2.53. The number of rotatable bonds is 5. The minimum absolute atomic E-state index is 0.573. The van der Waals surface area contributed by atoms with Crippen LogP contribution in [0.5, 0.6) is 11.5 Å². The lowest BCUT2D eigenvalue weighted by Gasteiger charge is -2.09. The molecule has 2 rings (SSSR count). The van der Waals surface area contributed by atoms with Crippen molar-refractivity contribution in [3.8, 4) is 17.6 Å². The molecule has 0 aromatic heterocycles. The molecular formula is C17H19NO2S. The van der Waals surface area contributed by atoms with Crippen LogP contribution in [0.4, 0.5) is 0 Å². The van der Waals surface area contributed by atoms with E-state index >= 15 is 0 Å². The maximum Gasteiger partial charge on any atom is 0.162 e. The summed E-state index contributed by atoms with van der Waals surface area (Å²) in [6.45, 7) is 3.51. The molecule has 0 spiro atoms. The Labute approximate surface area is 130 Å². The van der Waals surface area contributed by atoms with Gasteiger partial charge in [-0.15, -0.1) is 0 Å². The highest BCUT2D eigenvalue weighted by atomic mass is 32.2. The Kier molecular flexibility index (Phi) is 7.85. The number of benzene rings is 2. The summed E-state index contributed by atoms with van der Waals surface area (Å²) < 4.78 is 10.9.